The Morgan fingerprint density at radius 1 is 1.19 bits per heavy atom. The average molecular weight is 459 g/mol. The van der Waals surface area contributed by atoms with Crippen LogP contribution in [0.3, 0.4) is 0 Å². The van der Waals surface area contributed by atoms with Crippen LogP contribution in [0.4, 0.5) is 15.8 Å². The fourth-order valence-corrected chi connectivity index (χ4v) is 4.55. The van der Waals surface area contributed by atoms with Crippen molar-refractivity contribution in [1.29, 1.82) is 0 Å². The number of nitrogen functional groups attached to an aromatic ring is 1. The minimum absolute atomic E-state index is 0.0282. The molecule has 2 aromatic carbocycles. The summed E-state index contributed by atoms with van der Waals surface area (Å²) in [5.41, 5.74) is 5.31. The fraction of sp³-hybridized carbons (Fsp3) is 0. The quantitative estimate of drug-likeness (QED) is 0.671. The van der Waals surface area contributed by atoms with Crippen molar-refractivity contribution in [1.82, 2.24) is 0 Å². The lowest BCUT2D eigenvalue weighted by molar-refractivity contribution is 0.573. The largest absolute Gasteiger partial charge is 0.396 e. The fourth-order valence-electron chi connectivity index (χ4n) is 1.56. The molecule has 0 aliphatic heterocycles. The predicted molar refractivity (Wildman–Crippen MR) is 88.5 cm³/mol. The van der Waals surface area contributed by atoms with Gasteiger partial charge in [-0.3, -0.25) is 4.72 Å². The van der Waals surface area contributed by atoms with Crippen molar-refractivity contribution in [3.05, 3.63) is 50.1 Å². The number of hydrogen-bond donors (Lipinski definition) is 2. The number of benzene rings is 2. The first-order chi connectivity index (χ1) is 9.72. The minimum atomic E-state index is -4.18. The van der Waals surface area contributed by atoms with E-state index in [0.717, 1.165) is 12.1 Å². The van der Waals surface area contributed by atoms with Gasteiger partial charge in [-0.1, -0.05) is 17.7 Å². The molecule has 0 aromatic heterocycles. The van der Waals surface area contributed by atoms with Crippen molar-refractivity contribution >= 4 is 64.9 Å². The van der Waals surface area contributed by atoms with Gasteiger partial charge in [-0.05, 0) is 56.1 Å². The van der Waals surface area contributed by atoms with E-state index in [2.05, 4.69) is 36.6 Å². The number of hydrogen-bond acceptors (Lipinski definition) is 3. The smallest absolute Gasteiger partial charge is 0.265 e. The van der Waals surface area contributed by atoms with Gasteiger partial charge < -0.3 is 5.73 Å². The van der Waals surface area contributed by atoms with Crippen molar-refractivity contribution in [2.45, 2.75) is 4.90 Å². The third-order valence-electron chi connectivity index (χ3n) is 2.52. The third kappa shape index (κ3) is 3.50. The van der Waals surface area contributed by atoms with Gasteiger partial charge in [0.2, 0.25) is 0 Å². The molecule has 4 nitrogen and oxygen atoms in total. The zero-order valence-electron chi connectivity index (χ0n) is 10.2. The second-order valence-electron chi connectivity index (χ2n) is 4.01. The molecular formula is C12H8Br2ClFN2O2S. The van der Waals surface area contributed by atoms with Crippen LogP contribution in [0.5, 0.6) is 0 Å². The Bertz CT molecular complexity index is 795. The highest BCUT2D eigenvalue weighted by Gasteiger charge is 2.23. The van der Waals surface area contributed by atoms with E-state index >= 15 is 0 Å². The van der Waals surface area contributed by atoms with Gasteiger partial charge in [-0.25, -0.2) is 12.8 Å². The van der Waals surface area contributed by atoms with Crippen molar-refractivity contribution in [3.63, 3.8) is 0 Å². The van der Waals surface area contributed by atoms with Crippen molar-refractivity contribution in [2.24, 2.45) is 0 Å². The molecule has 0 spiro atoms. The van der Waals surface area contributed by atoms with Crippen molar-refractivity contribution in [2.75, 3.05) is 10.5 Å². The van der Waals surface area contributed by atoms with Crippen LogP contribution in [0, 0.1) is 5.82 Å². The van der Waals surface area contributed by atoms with Crippen LogP contribution in [-0.4, -0.2) is 8.42 Å². The molecule has 0 heterocycles. The van der Waals surface area contributed by atoms with E-state index in [0.29, 0.717) is 8.95 Å². The zero-order chi connectivity index (χ0) is 15.8. The molecule has 0 fully saturated rings. The molecule has 112 valence electrons. The highest BCUT2D eigenvalue weighted by Crippen LogP contribution is 2.34. The van der Waals surface area contributed by atoms with Crippen LogP contribution < -0.4 is 10.5 Å². The Morgan fingerprint density at radius 3 is 2.33 bits per heavy atom. The molecule has 2 aromatic rings. The topological polar surface area (TPSA) is 72.2 Å². The Kier molecular flexibility index (Phi) is 4.82. The summed E-state index contributed by atoms with van der Waals surface area (Å²) in [7, 11) is -4.18. The SMILES string of the molecule is Nc1cc(Cl)cc(S(=O)(=O)Nc2c(Br)cccc2Br)c1F. The highest BCUT2D eigenvalue weighted by molar-refractivity contribution is 9.11. The van der Waals surface area contributed by atoms with E-state index in [9.17, 15) is 12.8 Å². The molecule has 0 radical (unpaired) electrons. The maximum atomic E-state index is 14.0. The number of para-hydroxylation sites is 1. The van der Waals surface area contributed by atoms with Gasteiger partial charge in [-0.2, -0.15) is 0 Å². The summed E-state index contributed by atoms with van der Waals surface area (Å²) in [5, 5.41) is 0.0282. The van der Waals surface area contributed by atoms with Crippen molar-refractivity contribution in [3.8, 4) is 0 Å². The molecular weight excluding hydrogens is 450 g/mol. The normalized spacial score (nSPS) is 11.4. The van der Waals surface area contributed by atoms with Crippen molar-refractivity contribution < 1.29 is 12.8 Å². The first kappa shape index (κ1) is 16.5. The summed E-state index contributed by atoms with van der Waals surface area (Å²) in [5.74, 6) is -1.05. The summed E-state index contributed by atoms with van der Waals surface area (Å²) in [6.45, 7) is 0. The summed E-state index contributed by atoms with van der Waals surface area (Å²) >= 11 is 12.2. The molecule has 9 heteroatoms. The van der Waals surface area contributed by atoms with Gasteiger partial charge in [0.25, 0.3) is 10.0 Å². The van der Waals surface area contributed by atoms with Crippen LogP contribution in [0.15, 0.2) is 44.2 Å². The number of nitrogens with one attached hydrogen (secondary N) is 1. The Hall–Kier alpha value is -0.830. The number of halogens is 4. The van der Waals surface area contributed by atoms with Crippen LogP contribution >= 0.6 is 43.5 Å². The second kappa shape index (κ2) is 6.12. The lowest BCUT2D eigenvalue weighted by atomic mass is 10.3. The van der Waals surface area contributed by atoms with Gasteiger partial charge in [0.15, 0.2) is 5.82 Å². The number of anilines is 2. The van der Waals surface area contributed by atoms with Crippen LogP contribution in [0.1, 0.15) is 0 Å². The van der Waals surface area contributed by atoms with E-state index in [-0.39, 0.29) is 16.4 Å². The molecule has 0 amide bonds. The van der Waals surface area contributed by atoms with Gasteiger partial charge in [0.05, 0.1) is 11.4 Å². The molecule has 3 N–H and O–H groups in total. The van der Waals surface area contributed by atoms with E-state index in [1.54, 1.807) is 18.2 Å². The molecule has 0 atom stereocenters. The first-order valence-electron chi connectivity index (χ1n) is 5.43. The third-order valence-corrected chi connectivity index (χ3v) is 5.41. The highest BCUT2D eigenvalue weighted by atomic mass is 79.9. The summed E-state index contributed by atoms with van der Waals surface area (Å²) in [6.07, 6.45) is 0. The molecule has 21 heavy (non-hydrogen) atoms. The minimum Gasteiger partial charge on any atom is -0.396 e. The van der Waals surface area contributed by atoms with Gasteiger partial charge >= 0.3 is 0 Å². The maximum Gasteiger partial charge on any atom is 0.265 e. The number of nitrogens with two attached hydrogens (primary N) is 1. The van der Waals surface area contributed by atoms with Crippen LogP contribution in [-0.2, 0) is 10.0 Å². The molecule has 0 saturated carbocycles. The van der Waals surface area contributed by atoms with Gasteiger partial charge in [0.1, 0.15) is 4.90 Å². The number of sulfonamides is 1. The maximum absolute atomic E-state index is 14.0. The Morgan fingerprint density at radius 2 is 1.76 bits per heavy atom. The van der Waals surface area contributed by atoms with E-state index in [4.69, 9.17) is 17.3 Å². The molecule has 0 bridgehead atoms. The molecule has 2 rings (SSSR count). The van der Waals surface area contributed by atoms with E-state index < -0.39 is 20.7 Å². The van der Waals surface area contributed by atoms with Gasteiger partial charge in [-0.15, -0.1) is 0 Å². The van der Waals surface area contributed by atoms with E-state index in [1.165, 1.54) is 0 Å². The summed E-state index contributed by atoms with van der Waals surface area (Å²) < 4.78 is 41.9. The van der Waals surface area contributed by atoms with Gasteiger partial charge in [0, 0.05) is 14.0 Å². The monoisotopic (exact) mass is 456 g/mol. The first-order valence-corrected chi connectivity index (χ1v) is 8.88. The zero-order valence-corrected chi connectivity index (χ0v) is 14.9. The van der Waals surface area contributed by atoms with E-state index in [1.807, 2.05) is 0 Å². The summed E-state index contributed by atoms with van der Waals surface area (Å²) in [6, 6.07) is 7.14. The number of rotatable bonds is 3. The Labute approximate surface area is 142 Å². The molecule has 0 saturated heterocycles. The molecule has 0 aliphatic rings. The molecule has 0 aliphatic carbocycles. The Balaban J connectivity index is 2.54. The standard InChI is InChI=1S/C12H8Br2ClFN2O2S/c13-7-2-1-3-8(14)12(7)18-21(19,20)10-5-6(15)4-9(17)11(10)16/h1-5,18H,17H2. The summed E-state index contributed by atoms with van der Waals surface area (Å²) in [4.78, 5) is -0.616. The lowest BCUT2D eigenvalue weighted by Crippen LogP contribution is -2.16. The lowest BCUT2D eigenvalue weighted by Gasteiger charge is -2.13. The van der Waals surface area contributed by atoms with Crippen LogP contribution in [0.2, 0.25) is 5.02 Å². The molecule has 0 unspecified atom stereocenters. The predicted octanol–water partition coefficient (Wildman–Crippen LogP) is 4.39. The average Bonchev–Trinajstić information content (AvgIpc) is 2.38. The second-order valence-corrected chi connectivity index (χ2v) is 7.81. The van der Waals surface area contributed by atoms with Crippen LogP contribution in [0.25, 0.3) is 0 Å².